The molecule has 1 atom stereocenters. The molecule has 12 heavy (non-hydrogen) atoms. The van der Waals surface area contributed by atoms with Crippen molar-refractivity contribution in [2.45, 2.75) is 6.04 Å². The summed E-state index contributed by atoms with van der Waals surface area (Å²) in [6.07, 6.45) is 0. The Kier molecular flexibility index (Phi) is 3.96. The summed E-state index contributed by atoms with van der Waals surface area (Å²) in [4.78, 5) is 10.4. The molecule has 0 aliphatic rings. The molecular weight excluding hydrogens is 158 g/mol. The number of carboxylic acid groups (broad SMARTS) is 1. The van der Waals surface area contributed by atoms with Gasteiger partial charge in [0.1, 0.15) is 6.04 Å². The molecule has 1 aromatic carbocycles. The number of aliphatic carboxylic acids is 1. The van der Waals surface area contributed by atoms with Gasteiger partial charge in [-0.3, -0.25) is 4.79 Å². The van der Waals surface area contributed by atoms with E-state index in [1.54, 1.807) is 24.3 Å². The van der Waals surface area contributed by atoms with Crippen molar-refractivity contribution in [3.05, 3.63) is 35.9 Å². The summed E-state index contributed by atoms with van der Waals surface area (Å²) in [5, 5.41) is 8.51. The Morgan fingerprint density at radius 3 is 2.25 bits per heavy atom. The Hall–Kier alpha value is -1.39. The summed E-state index contributed by atoms with van der Waals surface area (Å²) >= 11 is 0. The number of hydrogen-bond donors (Lipinski definition) is 2. The van der Waals surface area contributed by atoms with Gasteiger partial charge in [-0.05, 0) is 5.56 Å². The minimum Gasteiger partial charge on any atom is -0.480 e. The standard InChI is InChI=1S/C8H9NO2.H2O/c9-7(8(10)11)6-4-2-1-3-5-6;/h1-5,7H,9H2,(H,10,11);1H2. The molecule has 0 bridgehead atoms. The van der Waals surface area contributed by atoms with E-state index in [9.17, 15) is 4.79 Å². The highest BCUT2D eigenvalue weighted by molar-refractivity contribution is 5.75. The van der Waals surface area contributed by atoms with Crippen molar-refractivity contribution in [1.29, 1.82) is 0 Å². The fraction of sp³-hybridized carbons (Fsp3) is 0.125. The van der Waals surface area contributed by atoms with Crippen molar-refractivity contribution < 1.29 is 15.4 Å². The van der Waals surface area contributed by atoms with E-state index in [4.69, 9.17) is 10.8 Å². The van der Waals surface area contributed by atoms with Crippen LogP contribution in [-0.4, -0.2) is 16.6 Å². The summed E-state index contributed by atoms with van der Waals surface area (Å²) in [5.74, 6) is -1.00. The van der Waals surface area contributed by atoms with Gasteiger partial charge in [0.25, 0.3) is 0 Å². The van der Waals surface area contributed by atoms with Crippen LogP contribution in [0.1, 0.15) is 11.6 Å². The molecule has 1 unspecified atom stereocenters. The second-order valence-corrected chi connectivity index (χ2v) is 2.23. The average Bonchev–Trinajstić information content (AvgIpc) is 2.05. The van der Waals surface area contributed by atoms with Crippen molar-refractivity contribution in [1.82, 2.24) is 0 Å². The summed E-state index contributed by atoms with van der Waals surface area (Å²) < 4.78 is 0. The highest BCUT2D eigenvalue weighted by Gasteiger charge is 2.12. The number of carbonyl (C=O) groups is 1. The zero-order valence-corrected chi connectivity index (χ0v) is 6.40. The predicted molar refractivity (Wildman–Crippen MR) is 44.6 cm³/mol. The monoisotopic (exact) mass is 169 g/mol. The van der Waals surface area contributed by atoms with Gasteiger partial charge in [-0.25, -0.2) is 0 Å². The maximum absolute atomic E-state index is 10.4. The number of carboxylic acids is 1. The van der Waals surface area contributed by atoms with Crippen molar-refractivity contribution in [2.24, 2.45) is 5.73 Å². The molecule has 0 fully saturated rings. The zero-order chi connectivity index (χ0) is 8.27. The van der Waals surface area contributed by atoms with Crippen LogP contribution in [0.25, 0.3) is 0 Å². The van der Waals surface area contributed by atoms with Crippen LogP contribution in [0.4, 0.5) is 0 Å². The summed E-state index contributed by atoms with van der Waals surface area (Å²) in [7, 11) is 0. The Labute approximate surface area is 69.9 Å². The van der Waals surface area contributed by atoms with Crippen LogP contribution in [0.15, 0.2) is 30.3 Å². The van der Waals surface area contributed by atoms with E-state index in [1.165, 1.54) is 0 Å². The predicted octanol–water partition coefficient (Wildman–Crippen LogP) is -0.0537. The normalized spacial score (nSPS) is 11.4. The molecular formula is C8H11NO3. The highest BCUT2D eigenvalue weighted by atomic mass is 16.4. The first kappa shape index (κ1) is 10.6. The molecule has 0 saturated carbocycles. The molecule has 4 heteroatoms. The third kappa shape index (κ3) is 2.34. The summed E-state index contributed by atoms with van der Waals surface area (Å²) in [6, 6.07) is 7.82. The molecule has 0 saturated heterocycles. The Bertz CT molecular complexity index is 248. The third-order valence-corrected chi connectivity index (χ3v) is 1.42. The Morgan fingerprint density at radius 1 is 1.33 bits per heavy atom. The number of nitrogens with two attached hydrogens (primary N) is 1. The van der Waals surface area contributed by atoms with E-state index < -0.39 is 12.0 Å². The highest BCUT2D eigenvalue weighted by Crippen LogP contribution is 2.08. The van der Waals surface area contributed by atoms with Gasteiger partial charge in [0.15, 0.2) is 0 Å². The smallest absolute Gasteiger partial charge is 0.325 e. The first-order valence-corrected chi connectivity index (χ1v) is 3.25. The van der Waals surface area contributed by atoms with Gasteiger partial charge >= 0.3 is 5.97 Å². The van der Waals surface area contributed by atoms with E-state index in [0.29, 0.717) is 5.56 Å². The van der Waals surface area contributed by atoms with Crippen molar-refractivity contribution >= 4 is 5.97 Å². The second-order valence-electron chi connectivity index (χ2n) is 2.23. The fourth-order valence-corrected chi connectivity index (χ4v) is 0.803. The lowest BCUT2D eigenvalue weighted by atomic mass is 10.1. The Balaban J connectivity index is 0.00000121. The first-order chi connectivity index (χ1) is 5.22. The molecule has 0 aromatic heterocycles. The van der Waals surface area contributed by atoms with Crippen LogP contribution in [-0.2, 0) is 4.79 Å². The Morgan fingerprint density at radius 2 is 1.83 bits per heavy atom. The molecule has 5 N–H and O–H groups in total. The molecule has 0 aliphatic heterocycles. The quantitative estimate of drug-likeness (QED) is 0.649. The van der Waals surface area contributed by atoms with Gasteiger partial charge in [-0.15, -0.1) is 0 Å². The topological polar surface area (TPSA) is 94.8 Å². The molecule has 0 radical (unpaired) electrons. The lowest BCUT2D eigenvalue weighted by Gasteiger charge is -2.04. The van der Waals surface area contributed by atoms with Crippen LogP contribution >= 0.6 is 0 Å². The van der Waals surface area contributed by atoms with Crippen LogP contribution < -0.4 is 5.73 Å². The van der Waals surface area contributed by atoms with Gasteiger partial charge in [0.05, 0.1) is 0 Å². The maximum atomic E-state index is 10.4. The molecule has 1 aromatic rings. The van der Waals surface area contributed by atoms with Crippen molar-refractivity contribution in [2.75, 3.05) is 0 Å². The number of rotatable bonds is 2. The zero-order valence-electron chi connectivity index (χ0n) is 6.40. The van der Waals surface area contributed by atoms with E-state index >= 15 is 0 Å². The largest absolute Gasteiger partial charge is 0.480 e. The number of benzene rings is 1. The van der Waals surface area contributed by atoms with Crippen LogP contribution in [0.2, 0.25) is 0 Å². The number of hydrogen-bond acceptors (Lipinski definition) is 2. The van der Waals surface area contributed by atoms with Gasteiger partial charge in [-0.1, -0.05) is 30.3 Å². The average molecular weight is 169 g/mol. The lowest BCUT2D eigenvalue weighted by Crippen LogP contribution is -2.20. The molecule has 0 aliphatic carbocycles. The molecule has 4 nitrogen and oxygen atoms in total. The fourth-order valence-electron chi connectivity index (χ4n) is 0.803. The third-order valence-electron chi connectivity index (χ3n) is 1.42. The van der Waals surface area contributed by atoms with E-state index in [0.717, 1.165) is 0 Å². The van der Waals surface area contributed by atoms with Crippen LogP contribution in [0, 0.1) is 0 Å². The van der Waals surface area contributed by atoms with Gasteiger partial charge < -0.3 is 16.3 Å². The minimum atomic E-state index is -1.00. The van der Waals surface area contributed by atoms with Gasteiger partial charge in [0, 0.05) is 0 Å². The summed E-state index contributed by atoms with van der Waals surface area (Å²) in [5.41, 5.74) is 5.96. The maximum Gasteiger partial charge on any atom is 0.325 e. The molecule has 0 heterocycles. The van der Waals surface area contributed by atoms with Gasteiger partial charge in [-0.2, -0.15) is 0 Å². The second kappa shape index (κ2) is 4.48. The van der Waals surface area contributed by atoms with E-state index in [-0.39, 0.29) is 5.48 Å². The molecule has 66 valence electrons. The molecule has 1 rings (SSSR count). The van der Waals surface area contributed by atoms with Crippen LogP contribution in [0.5, 0.6) is 0 Å². The summed E-state index contributed by atoms with van der Waals surface area (Å²) in [6.45, 7) is 0. The minimum absolute atomic E-state index is 0. The lowest BCUT2D eigenvalue weighted by molar-refractivity contribution is -0.138. The van der Waals surface area contributed by atoms with Crippen LogP contribution in [0.3, 0.4) is 0 Å². The van der Waals surface area contributed by atoms with Gasteiger partial charge in [0.2, 0.25) is 0 Å². The van der Waals surface area contributed by atoms with E-state index in [1.807, 2.05) is 6.07 Å². The SMILES string of the molecule is NC(C(=O)O)c1ccccc1.O. The van der Waals surface area contributed by atoms with E-state index in [2.05, 4.69) is 0 Å². The van der Waals surface area contributed by atoms with Crippen molar-refractivity contribution in [3.8, 4) is 0 Å². The molecule has 0 amide bonds. The van der Waals surface area contributed by atoms with Crippen molar-refractivity contribution in [3.63, 3.8) is 0 Å². The molecule has 0 spiro atoms. The first-order valence-electron chi connectivity index (χ1n) is 3.25.